The molecule has 2 unspecified atom stereocenters. The molecule has 2 aliphatic rings. The van der Waals surface area contributed by atoms with Crippen molar-refractivity contribution in [3.63, 3.8) is 0 Å². The Bertz CT molecular complexity index is 629. The van der Waals surface area contributed by atoms with Gasteiger partial charge < -0.3 is 9.72 Å². The lowest BCUT2D eigenvalue weighted by molar-refractivity contribution is 0.0848. The van der Waals surface area contributed by atoms with Crippen LogP contribution in [-0.2, 0) is 14.8 Å². The first-order valence-electron chi connectivity index (χ1n) is 6.31. The SMILES string of the molecule is Cc1[nH]c(=O)sc1S(=O)(=O)NC1CCOC1C1CC1. The molecule has 1 saturated heterocycles. The van der Waals surface area contributed by atoms with Crippen LogP contribution in [-0.4, -0.2) is 32.2 Å². The Morgan fingerprint density at radius 1 is 1.37 bits per heavy atom. The number of sulfonamides is 1. The van der Waals surface area contributed by atoms with E-state index in [9.17, 15) is 13.2 Å². The van der Waals surface area contributed by atoms with Crippen molar-refractivity contribution in [2.45, 2.75) is 42.5 Å². The number of ether oxygens (including phenoxy) is 1. The van der Waals surface area contributed by atoms with Crippen molar-refractivity contribution < 1.29 is 13.2 Å². The number of hydrogen-bond donors (Lipinski definition) is 2. The number of nitrogens with one attached hydrogen (secondary N) is 2. The minimum absolute atomic E-state index is 0.00857. The molecule has 19 heavy (non-hydrogen) atoms. The third-order valence-corrected chi connectivity index (χ3v) is 6.65. The lowest BCUT2D eigenvalue weighted by Crippen LogP contribution is -2.41. The first kappa shape index (κ1) is 13.3. The Morgan fingerprint density at radius 2 is 2.11 bits per heavy atom. The molecule has 6 nitrogen and oxygen atoms in total. The zero-order chi connectivity index (χ0) is 13.6. The standard InChI is InChI=1S/C11H16N2O4S2/c1-6-10(18-11(14)12-6)19(15,16)13-8-4-5-17-9(8)7-2-3-7/h7-9,13H,2-5H2,1H3,(H,12,14). The summed E-state index contributed by atoms with van der Waals surface area (Å²) in [7, 11) is -3.63. The number of hydrogen-bond acceptors (Lipinski definition) is 5. The number of aryl methyl sites for hydroxylation is 1. The second kappa shape index (κ2) is 4.69. The fraction of sp³-hybridized carbons (Fsp3) is 0.727. The smallest absolute Gasteiger partial charge is 0.305 e. The van der Waals surface area contributed by atoms with Gasteiger partial charge in [-0.15, -0.1) is 0 Å². The third kappa shape index (κ3) is 2.62. The molecule has 0 aromatic carbocycles. The van der Waals surface area contributed by atoms with E-state index in [1.54, 1.807) is 6.92 Å². The summed E-state index contributed by atoms with van der Waals surface area (Å²) in [6, 6.07) is -0.172. The van der Waals surface area contributed by atoms with Gasteiger partial charge in [0.15, 0.2) is 4.21 Å². The Balaban J connectivity index is 1.81. The monoisotopic (exact) mass is 304 g/mol. The van der Waals surface area contributed by atoms with E-state index >= 15 is 0 Å². The second-order valence-corrected chi connectivity index (χ2v) is 8.01. The summed E-state index contributed by atoms with van der Waals surface area (Å²) >= 11 is 0.728. The highest BCUT2D eigenvalue weighted by molar-refractivity contribution is 7.91. The van der Waals surface area contributed by atoms with Gasteiger partial charge in [0.2, 0.25) is 0 Å². The largest absolute Gasteiger partial charge is 0.376 e. The predicted octanol–water partition coefficient (Wildman–Crippen LogP) is 0.591. The molecule has 1 aromatic rings. The van der Waals surface area contributed by atoms with Crippen molar-refractivity contribution in [2.75, 3.05) is 6.61 Å². The molecule has 0 bridgehead atoms. The second-order valence-electron chi connectivity index (χ2n) is 5.12. The normalized spacial score (nSPS) is 27.8. The van der Waals surface area contributed by atoms with Gasteiger partial charge in [-0.2, -0.15) is 0 Å². The van der Waals surface area contributed by atoms with Crippen molar-refractivity contribution in [2.24, 2.45) is 5.92 Å². The fourth-order valence-electron chi connectivity index (χ4n) is 2.53. The van der Waals surface area contributed by atoms with E-state index in [-0.39, 0.29) is 21.2 Å². The van der Waals surface area contributed by atoms with E-state index in [0.29, 0.717) is 24.6 Å². The Morgan fingerprint density at radius 3 is 2.68 bits per heavy atom. The van der Waals surface area contributed by atoms with Crippen LogP contribution in [0.25, 0.3) is 0 Å². The van der Waals surface area contributed by atoms with Gasteiger partial charge >= 0.3 is 4.87 Å². The number of rotatable bonds is 4. The van der Waals surface area contributed by atoms with E-state index in [4.69, 9.17) is 4.74 Å². The zero-order valence-electron chi connectivity index (χ0n) is 10.5. The lowest BCUT2D eigenvalue weighted by Gasteiger charge is -2.18. The van der Waals surface area contributed by atoms with Crippen LogP contribution < -0.4 is 9.60 Å². The molecule has 1 aliphatic carbocycles. The van der Waals surface area contributed by atoms with Crippen molar-refractivity contribution in [1.82, 2.24) is 9.71 Å². The van der Waals surface area contributed by atoms with Crippen LogP contribution in [0.3, 0.4) is 0 Å². The highest BCUT2D eigenvalue weighted by atomic mass is 32.2. The number of aromatic amines is 1. The maximum atomic E-state index is 12.3. The Kier molecular flexibility index (Phi) is 3.28. The summed E-state index contributed by atoms with van der Waals surface area (Å²) < 4.78 is 33.0. The molecule has 3 rings (SSSR count). The van der Waals surface area contributed by atoms with E-state index < -0.39 is 10.0 Å². The maximum absolute atomic E-state index is 12.3. The van der Waals surface area contributed by atoms with E-state index in [1.165, 1.54) is 0 Å². The molecule has 2 heterocycles. The van der Waals surface area contributed by atoms with Crippen LogP contribution in [0.1, 0.15) is 25.0 Å². The minimum atomic E-state index is -3.63. The Hall–Kier alpha value is -0.700. The fourth-order valence-corrected chi connectivity index (χ4v) is 5.13. The topological polar surface area (TPSA) is 88.3 Å². The van der Waals surface area contributed by atoms with Gasteiger partial charge in [0, 0.05) is 12.3 Å². The van der Waals surface area contributed by atoms with E-state index in [1.807, 2.05) is 0 Å². The maximum Gasteiger partial charge on any atom is 0.305 e. The van der Waals surface area contributed by atoms with Crippen molar-refractivity contribution in [3.8, 4) is 0 Å². The third-order valence-electron chi connectivity index (χ3n) is 3.55. The summed E-state index contributed by atoms with van der Waals surface area (Å²) in [5.41, 5.74) is 0.393. The van der Waals surface area contributed by atoms with E-state index in [0.717, 1.165) is 24.2 Å². The Labute approximate surface area is 115 Å². The minimum Gasteiger partial charge on any atom is -0.376 e. The average Bonchev–Trinajstić information content (AvgIpc) is 2.97. The molecular formula is C11H16N2O4S2. The molecule has 0 amide bonds. The molecule has 106 valence electrons. The van der Waals surface area contributed by atoms with Crippen molar-refractivity contribution >= 4 is 21.4 Å². The summed E-state index contributed by atoms with van der Waals surface area (Å²) in [5.74, 6) is 0.487. The molecule has 0 radical (unpaired) electrons. The molecule has 0 spiro atoms. The quantitative estimate of drug-likeness (QED) is 0.852. The summed E-state index contributed by atoms with van der Waals surface area (Å²) in [6.45, 7) is 2.19. The summed E-state index contributed by atoms with van der Waals surface area (Å²) in [5, 5.41) is 0. The highest BCUT2D eigenvalue weighted by Crippen LogP contribution is 2.39. The van der Waals surface area contributed by atoms with Crippen LogP contribution in [0.15, 0.2) is 9.00 Å². The van der Waals surface area contributed by atoms with Gasteiger partial charge in [-0.3, -0.25) is 4.79 Å². The number of H-pyrrole nitrogens is 1. The molecule has 1 aliphatic heterocycles. The van der Waals surface area contributed by atoms with Crippen LogP contribution >= 0.6 is 11.3 Å². The molecule has 1 saturated carbocycles. The van der Waals surface area contributed by atoms with Gasteiger partial charge in [0.25, 0.3) is 10.0 Å². The zero-order valence-corrected chi connectivity index (χ0v) is 12.1. The summed E-state index contributed by atoms with van der Waals surface area (Å²) in [6.07, 6.45) is 2.91. The van der Waals surface area contributed by atoms with Gasteiger partial charge in [0.05, 0.1) is 12.1 Å². The first-order valence-corrected chi connectivity index (χ1v) is 8.61. The number of aromatic nitrogens is 1. The predicted molar refractivity (Wildman–Crippen MR) is 70.9 cm³/mol. The van der Waals surface area contributed by atoms with Gasteiger partial charge in [-0.1, -0.05) is 11.3 Å². The van der Waals surface area contributed by atoms with Crippen LogP contribution in [0.2, 0.25) is 0 Å². The lowest BCUT2D eigenvalue weighted by atomic mass is 10.1. The molecule has 8 heteroatoms. The van der Waals surface area contributed by atoms with Crippen LogP contribution in [0, 0.1) is 12.8 Å². The summed E-state index contributed by atoms with van der Waals surface area (Å²) in [4.78, 5) is 13.4. The van der Waals surface area contributed by atoms with Crippen LogP contribution in [0.4, 0.5) is 0 Å². The van der Waals surface area contributed by atoms with Crippen molar-refractivity contribution in [1.29, 1.82) is 0 Å². The average molecular weight is 304 g/mol. The van der Waals surface area contributed by atoms with Gasteiger partial charge in [0.1, 0.15) is 0 Å². The highest BCUT2D eigenvalue weighted by Gasteiger charge is 2.42. The first-order chi connectivity index (χ1) is 8.97. The van der Waals surface area contributed by atoms with E-state index in [2.05, 4.69) is 9.71 Å². The molecular weight excluding hydrogens is 288 g/mol. The molecule has 2 N–H and O–H groups in total. The molecule has 2 fully saturated rings. The molecule has 1 aromatic heterocycles. The van der Waals surface area contributed by atoms with Gasteiger partial charge in [-0.25, -0.2) is 13.1 Å². The number of thiazole rings is 1. The molecule has 2 atom stereocenters. The van der Waals surface area contributed by atoms with Crippen molar-refractivity contribution in [3.05, 3.63) is 15.4 Å². The van der Waals surface area contributed by atoms with Gasteiger partial charge in [-0.05, 0) is 32.1 Å². The van der Waals surface area contributed by atoms with Crippen LogP contribution in [0.5, 0.6) is 0 Å².